The van der Waals surface area contributed by atoms with Crippen LogP contribution >= 0.6 is 11.6 Å². The summed E-state index contributed by atoms with van der Waals surface area (Å²) in [6.45, 7) is 1.31. The molecule has 0 aromatic heterocycles. The lowest BCUT2D eigenvalue weighted by atomic mass is 10.1. The van der Waals surface area contributed by atoms with Crippen LogP contribution in [0.5, 0.6) is 0 Å². The van der Waals surface area contributed by atoms with Crippen molar-refractivity contribution in [1.29, 1.82) is 5.26 Å². The van der Waals surface area contributed by atoms with Crippen LogP contribution in [0, 0.1) is 11.3 Å². The molecule has 1 saturated carbocycles. The lowest BCUT2D eigenvalue weighted by Crippen LogP contribution is -2.31. The molecule has 2 rings (SSSR count). The van der Waals surface area contributed by atoms with E-state index in [1.54, 1.807) is 12.1 Å². The molecule has 0 saturated heterocycles. The molecule has 0 unspecified atom stereocenters. The third-order valence-corrected chi connectivity index (χ3v) is 3.45. The Bertz CT molecular complexity index is 440. The predicted molar refractivity (Wildman–Crippen MR) is 71.2 cm³/mol. The van der Waals surface area contributed by atoms with Gasteiger partial charge in [-0.1, -0.05) is 23.7 Å². The summed E-state index contributed by atoms with van der Waals surface area (Å²) >= 11 is 5.92. The van der Waals surface area contributed by atoms with Crippen LogP contribution in [-0.2, 0) is 0 Å². The van der Waals surface area contributed by atoms with E-state index in [0.717, 1.165) is 12.1 Å². The molecule has 1 fully saturated rings. The summed E-state index contributed by atoms with van der Waals surface area (Å²) in [4.78, 5) is 2.20. The Labute approximate surface area is 113 Å². The summed E-state index contributed by atoms with van der Waals surface area (Å²) in [7, 11) is 0. The Kier molecular flexibility index (Phi) is 4.60. The van der Waals surface area contributed by atoms with Crippen molar-refractivity contribution in [3.8, 4) is 6.07 Å². The summed E-state index contributed by atoms with van der Waals surface area (Å²) in [5, 5.41) is 19.5. The predicted octanol–water partition coefficient (Wildman–Crippen LogP) is 2.75. The number of benzene rings is 1. The molecule has 96 valence electrons. The number of hydrogen-bond acceptors (Lipinski definition) is 3. The molecule has 1 aliphatic carbocycles. The molecule has 0 heterocycles. The van der Waals surface area contributed by atoms with Gasteiger partial charge in [0.15, 0.2) is 0 Å². The standard InChI is InChI=1S/C14H17ClN2O/c15-12-4-1-3-11(9-12)14(18)10-17(8-2-7-16)13-5-6-13/h1,3-4,9,13-14,18H,2,5-6,8,10H2/t14-/m0/s1. The van der Waals surface area contributed by atoms with Crippen molar-refractivity contribution in [1.82, 2.24) is 4.90 Å². The van der Waals surface area contributed by atoms with Gasteiger partial charge in [0.25, 0.3) is 0 Å². The van der Waals surface area contributed by atoms with Crippen LogP contribution < -0.4 is 0 Å². The van der Waals surface area contributed by atoms with E-state index in [9.17, 15) is 5.11 Å². The molecule has 1 atom stereocenters. The second-order valence-corrected chi connectivity index (χ2v) is 5.14. The molecule has 1 aromatic carbocycles. The third-order valence-electron chi connectivity index (χ3n) is 3.21. The van der Waals surface area contributed by atoms with E-state index in [-0.39, 0.29) is 0 Å². The zero-order valence-corrected chi connectivity index (χ0v) is 11.0. The van der Waals surface area contributed by atoms with Crippen molar-refractivity contribution in [2.24, 2.45) is 0 Å². The summed E-state index contributed by atoms with van der Waals surface area (Å²) in [6, 6.07) is 10.0. The number of rotatable bonds is 6. The largest absolute Gasteiger partial charge is 0.387 e. The molecule has 1 aliphatic rings. The van der Waals surface area contributed by atoms with Gasteiger partial charge < -0.3 is 5.11 Å². The highest BCUT2D eigenvalue weighted by Crippen LogP contribution is 2.29. The van der Waals surface area contributed by atoms with Crippen LogP contribution in [0.25, 0.3) is 0 Å². The lowest BCUT2D eigenvalue weighted by molar-refractivity contribution is 0.110. The van der Waals surface area contributed by atoms with Crippen LogP contribution in [0.15, 0.2) is 24.3 Å². The summed E-state index contributed by atoms with van der Waals surface area (Å²) in [5.74, 6) is 0. The topological polar surface area (TPSA) is 47.3 Å². The Morgan fingerprint density at radius 1 is 1.50 bits per heavy atom. The number of aliphatic hydroxyl groups is 1. The van der Waals surface area contributed by atoms with Gasteiger partial charge >= 0.3 is 0 Å². The van der Waals surface area contributed by atoms with E-state index in [1.165, 1.54) is 12.8 Å². The van der Waals surface area contributed by atoms with Gasteiger partial charge in [-0.05, 0) is 30.5 Å². The Balaban J connectivity index is 1.96. The summed E-state index contributed by atoms with van der Waals surface area (Å²) < 4.78 is 0. The molecule has 0 spiro atoms. The molecule has 0 radical (unpaired) electrons. The molecule has 1 N–H and O–H groups in total. The second-order valence-electron chi connectivity index (χ2n) is 4.71. The second kappa shape index (κ2) is 6.19. The lowest BCUT2D eigenvalue weighted by Gasteiger charge is -2.24. The Morgan fingerprint density at radius 3 is 2.89 bits per heavy atom. The SMILES string of the molecule is N#CCCN(C[C@H](O)c1cccc(Cl)c1)C1CC1. The highest BCUT2D eigenvalue weighted by Gasteiger charge is 2.30. The van der Waals surface area contributed by atoms with Gasteiger partial charge in [-0.3, -0.25) is 4.90 Å². The van der Waals surface area contributed by atoms with Crippen molar-refractivity contribution >= 4 is 11.6 Å². The van der Waals surface area contributed by atoms with Crippen molar-refractivity contribution < 1.29 is 5.11 Å². The van der Waals surface area contributed by atoms with E-state index < -0.39 is 6.10 Å². The molecular weight excluding hydrogens is 248 g/mol. The fraction of sp³-hybridized carbons (Fsp3) is 0.500. The molecule has 0 bridgehead atoms. The third kappa shape index (κ3) is 3.71. The first-order chi connectivity index (χ1) is 8.70. The van der Waals surface area contributed by atoms with E-state index in [0.29, 0.717) is 24.0 Å². The molecule has 0 amide bonds. The zero-order valence-electron chi connectivity index (χ0n) is 10.2. The van der Waals surface area contributed by atoms with Crippen molar-refractivity contribution in [2.75, 3.05) is 13.1 Å². The highest BCUT2D eigenvalue weighted by molar-refractivity contribution is 6.30. The summed E-state index contributed by atoms with van der Waals surface area (Å²) in [6.07, 6.45) is 2.32. The van der Waals surface area contributed by atoms with Crippen molar-refractivity contribution in [3.63, 3.8) is 0 Å². The van der Waals surface area contributed by atoms with E-state index in [1.807, 2.05) is 12.1 Å². The van der Waals surface area contributed by atoms with Gasteiger partial charge in [-0.2, -0.15) is 5.26 Å². The first kappa shape index (κ1) is 13.4. The van der Waals surface area contributed by atoms with Crippen molar-refractivity contribution in [3.05, 3.63) is 34.9 Å². The first-order valence-corrected chi connectivity index (χ1v) is 6.63. The van der Waals surface area contributed by atoms with Gasteiger partial charge in [0, 0.05) is 30.6 Å². The highest BCUT2D eigenvalue weighted by atomic mass is 35.5. The van der Waals surface area contributed by atoms with Gasteiger partial charge in [-0.15, -0.1) is 0 Å². The van der Waals surface area contributed by atoms with Gasteiger partial charge in [0.1, 0.15) is 0 Å². The van der Waals surface area contributed by atoms with Gasteiger partial charge in [-0.25, -0.2) is 0 Å². The summed E-state index contributed by atoms with van der Waals surface area (Å²) in [5.41, 5.74) is 0.838. The normalized spacial score (nSPS) is 16.6. The van der Waals surface area contributed by atoms with E-state index in [2.05, 4.69) is 11.0 Å². The Morgan fingerprint density at radius 2 is 2.28 bits per heavy atom. The monoisotopic (exact) mass is 264 g/mol. The minimum absolute atomic E-state index is 0.513. The maximum absolute atomic E-state index is 10.2. The first-order valence-electron chi connectivity index (χ1n) is 6.25. The fourth-order valence-electron chi connectivity index (χ4n) is 2.10. The van der Waals surface area contributed by atoms with Gasteiger partial charge in [0.05, 0.1) is 12.2 Å². The zero-order chi connectivity index (χ0) is 13.0. The molecule has 18 heavy (non-hydrogen) atoms. The number of hydrogen-bond donors (Lipinski definition) is 1. The number of nitriles is 1. The van der Waals surface area contributed by atoms with E-state index >= 15 is 0 Å². The molecular formula is C14H17ClN2O. The van der Waals surface area contributed by atoms with Crippen LogP contribution in [0.1, 0.15) is 30.9 Å². The molecule has 1 aromatic rings. The van der Waals surface area contributed by atoms with Crippen LogP contribution in [0.2, 0.25) is 5.02 Å². The quantitative estimate of drug-likeness (QED) is 0.859. The van der Waals surface area contributed by atoms with Crippen LogP contribution in [0.3, 0.4) is 0 Å². The molecule has 0 aliphatic heterocycles. The maximum Gasteiger partial charge on any atom is 0.0917 e. The van der Waals surface area contributed by atoms with Gasteiger partial charge in [0.2, 0.25) is 0 Å². The fourth-order valence-corrected chi connectivity index (χ4v) is 2.30. The number of halogens is 1. The average Bonchev–Trinajstić information content (AvgIpc) is 3.18. The Hall–Kier alpha value is -1.08. The minimum atomic E-state index is -0.539. The van der Waals surface area contributed by atoms with Crippen LogP contribution in [-0.4, -0.2) is 29.1 Å². The smallest absolute Gasteiger partial charge is 0.0917 e. The maximum atomic E-state index is 10.2. The molecule has 4 heteroatoms. The van der Waals surface area contributed by atoms with Crippen molar-refractivity contribution in [2.45, 2.75) is 31.4 Å². The molecule has 3 nitrogen and oxygen atoms in total. The average molecular weight is 265 g/mol. The minimum Gasteiger partial charge on any atom is -0.387 e. The van der Waals surface area contributed by atoms with E-state index in [4.69, 9.17) is 16.9 Å². The number of aliphatic hydroxyl groups excluding tert-OH is 1. The number of nitrogens with zero attached hydrogens (tertiary/aromatic N) is 2. The van der Waals surface area contributed by atoms with Crippen LogP contribution in [0.4, 0.5) is 0 Å².